The first-order valence-electron chi connectivity index (χ1n) is 6.77. The van der Waals surface area contributed by atoms with Gasteiger partial charge >= 0.3 is 0 Å². The Morgan fingerprint density at radius 3 is 3.00 bits per heavy atom. The number of ether oxygens (including phenoxy) is 1. The van der Waals surface area contributed by atoms with Crippen LogP contribution in [0.15, 0.2) is 22.7 Å². The molecule has 0 spiro atoms. The Kier molecular flexibility index (Phi) is 4.21. The van der Waals surface area contributed by atoms with Crippen LogP contribution in [0.4, 0.5) is 8.78 Å². The number of nitrogens with zero attached hydrogens (tertiary/aromatic N) is 2. The Labute approximate surface area is 120 Å². The standard InChI is InChI=1S/C14H15F2N3O2/c15-10-2-1-9(12(16)6-10)5-13-18-14(21-19-13)7-11-8-20-4-3-17-11/h1-2,6,11,17H,3-5,7-8H2. The van der Waals surface area contributed by atoms with Gasteiger partial charge in [-0.3, -0.25) is 0 Å². The summed E-state index contributed by atoms with van der Waals surface area (Å²) in [5, 5.41) is 7.11. The summed E-state index contributed by atoms with van der Waals surface area (Å²) in [6.07, 6.45) is 0.739. The number of rotatable bonds is 4. The molecular formula is C14H15F2N3O2. The van der Waals surface area contributed by atoms with Crippen LogP contribution in [0.25, 0.3) is 0 Å². The van der Waals surface area contributed by atoms with Crippen LogP contribution in [0.2, 0.25) is 0 Å². The van der Waals surface area contributed by atoms with Crippen LogP contribution >= 0.6 is 0 Å². The SMILES string of the molecule is Fc1ccc(Cc2noc(CC3COCCN3)n2)c(F)c1. The Morgan fingerprint density at radius 2 is 2.24 bits per heavy atom. The number of nitrogens with one attached hydrogen (secondary N) is 1. The number of benzene rings is 1. The molecule has 0 bridgehead atoms. The molecule has 1 N–H and O–H groups in total. The molecule has 112 valence electrons. The molecule has 0 radical (unpaired) electrons. The highest BCUT2D eigenvalue weighted by molar-refractivity contribution is 5.21. The second-order valence-electron chi connectivity index (χ2n) is 4.95. The first-order valence-corrected chi connectivity index (χ1v) is 6.77. The summed E-state index contributed by atoms with van der Waals surface area (Å²) in [5.74, 6) is -0.347. The quantitative estimate of drug-likeness (QED) is 0.925. The molecule has 21 heavy (non-hydrogen) atoms. The molecule has 5 nitrogen and oxygen atoms in total. The van der Waals surface area contributed by atoms with Crippen molar-refractivity contribution in [3.8, 4) is 0 Å². The monoisotopic (exact) mass is 295 g/mol. The van der Waals surface area contributed by atoms with Crippen LogP contribution < -0.4 is 5.32 Å². The number of hydrogen-bond donors (Lipinski definition) is 1. The minimum atomic E-state index is -0.608. The molecule has 3 rings (SSSR count). The van der Waals surface area contributed by atoms with Gasteiger partial charge in [-0.2, -0.15) is 4.98 Å². The second-order valence-corrected chi connectivity index (χ2v) is 4.95. The van der Waals surface area contributed by atoms with E-state index >= 15 is 0 Å². The maximum atomic E-state index is 13.6. The Bertz CT molecular complexity index is 612. The maximum Gasteiger partial charge on any atom is 0.228 e. The van der Waals surface area contributed by atoms with E-state index in [-0.39, 0.29) is 12.5 Å². The predicted octanol–water partition coefficient (Wildman–Crippen LogP) is 1.47. The number of hydrogen-bond acceptors (Lipinski definition) is 5. The van der Waals surface area contributed by atoms with Crippen LogP contribution in [0.1, 0.15) is 17.3 Å². The summed E-state index contributed by atoms with van der Waals surface area (Å²) in [5.41, 5.74) is 0.336. The molecule has 1 atom stereocenters. The van der Waals surface area contributed by atoms with Gasteiger partial charge < -0.3 is 14.6 Å². The average molecular weight is 295 g/mol. The molecule has 1 fully saturated rings. The summed E-state index contributed by atoms with van der Waals surface area (Å²) in [6.45, 7) is 2.10. The van der Waals surface area contributed by atoms with E-state index in [9.17, 15) is 8.78 Å². The van der Waals surface area contributed by atoms with Gasteiger partial charge in [-0.15, -0.1) is 0 Å². The van der Waals surface area contributed by atoms with E-state index in [1.807, 2.05) is 0 Å². The minimum Gasteiger partial charge on any atom is -0.378 e. The van der Waals surface area contributed by atoms with Crippen molar-refractivity contribution in [1.29, 1.82) is 0 Å². The third-order valence-electron chi connectivity index (χ3n) is 3.29. The van der Waals surface area contributed by atoms with E-state index in [4.69, 9.17) is 9.26 Å². The first-order chi connectivity index (χ1) is 10.2. The van der Waals surface area contributed by atoms with E-state index in [2.05, 4.69) is 15.5 Å². The van der Waals surface area contributed by atoms with E-state index in [1.54, 1.807) is 0 Å². The van der Waals surface area contributed by atoms with Gasteiger partial charge in [-0.05, 0) is 11.6 Å². The van der Waals surface area contributed by atoms with Crippen molar-refractivity contribution in [3.05, 3.63) is 47.1 Å². The van der Waals surface area contributed by atoms with E-state index < -0.39 is 11.6 Å². The molecule has 2 aromatic rings. The largest absolute Gasteiger partial charge is 0.378 e. The van der Waals surface area contributed by atoms with Crippen LogP contribution in [-0.4, -0.2) is 35.9 Å². The molecular weight excluding hydrogens is 280 g/mol. The van der Waals surface area contributed by atoms with Gasteiger partial charge in [0, 0.05) is 31.5 Å². The summed E-state index contributed by atoms with van der Waals surface area (Å²) >= 11 is 0. The van der Waals surface area contributed by atoms with Crippen molar-refractivity contribution in [2.45, 2.75) is 18.9 Å². The van der Waals surface area contributed by atoms with Crippen molar-refractivity contribution in [3.63, 3.8) is 0 Å². The molecule has 7 heteroatoms. The van der Waals surface area contributed by atoms with Gasteiger partial charge in [0.1, 0.15) is 11.6 Å². The highest BCUT2D eigenvalue weighted by atomic mass is 19.1. The number of morpholine rings is 1. The Balaban J connectivity index is 1.64. The van der Waals surface area contributed by atoms with Crippen molar-refractivity contribution in [1.82, 2.24) is 15.5 Å². The zero-order valence-electron chi connectivity index (χ0n) is 11.3. The van der Waals surface area contributed by atoms with Gasteiger partial charge in [0.05, 0.1) is 13.2 Å². The molecule has 1 aromatic carbocycles. The third kappa shape index (κ3) is 3.62. The molecule has 2 heterocycles. The van der Waals surface area contributed by atoms with E-state index in [0.717, 1.165) is 12.6 Å². The normalized spacial score (nSPS) is 18.9. The zero-order valence-corrected chi connectivity index (χ0v) is 11.3. The summed E-state index contributed by atoms with van der Waals surface area (Å²) in [6, 6.07) is 3.59. The molecule has 0 aliphatic carbocycles. The van der Waals surface area contributed by atoms with Crippen molar-refractivity contribution < 1.29 is 18.0 Å². The van der Waals surface area contributed by atoms with Crippen molar-refractivity contribution in [2.75, 3.05) is 19.8 Å². The van der Waals surface area contributed by atoms with Gasteiger partial charge in [-0.25, -0.2) is 8.78 Å². The van der Waals surface area contributed by atoms with Crippen molar-refractivity contribution in [2.24, 2.45) is 0 Å². The van der Waals surface area contributed by atoms with Crippen molar-refractivity contribution >= 4 is 0 Å². The summed E-state index contributed by atoms with van der Waals surface area (Å²) in [7, 11) is 0. The molecule has 1 aromatic heterocycles. The highest BCUT2D eigenvalue weighted by Gasteiger charge is 2.18. The number of halogens is 2. The lowest BCUT2D eigenvalue weighted by molar-refractivity contribution is 0.0744. The molecule has 1 aliphatic heterocycles. The van der Waals surface area contributed by atoms with Crippen LogP contribution in [0.5, 0.6) is 0 Å². The molecule has 1 unspecified atom stereocenters. The molecule has 0 amide bonds. The molecule has 1 aliphatic rings. The van der Waals surface area contributed by atoms with Gasteiger partial charge in [0.2, 0.25) is 5.89 Å². The Hall–Kier alpha value is -1.86. The predicted molar refractivity (Wildman–Crippen MR) is 69.8 cm³/mol. The summed E-state index contributed by atoms with van der Waals surface area (Å²) in [4.78, 5) is 4.23. The first kappa shape index (κ1) is 14.1. The minimum absolute atomic E-state index is 0.148. The van der Waals surface area contributed by atoms with Crippen LogP contribution in [0.3, 0.4) is 0 Å². The van der Waals surface area contributed by atoms with Crippen LogP contribution in [0, 0.1) is 11.6 Å². The van der Waals surface area contributed by atoms with E-state index in [0.29, 0.717) is 36.9 Å². The van der Waals surface area contributed by atoms with Gasteiger partial charge in [-0.1, -0.05) is 11.2 Å². The number of aromatic nitrogens is 2. The molecule has 0 saturated carbocycles. The van der Waals surface area contributed by atoms with E-state index in [1.165, 1.54) is 12.1 Å². The topological polar surface area (TPSA) is 60.2 Å². The average Bonchev–Trinajstić information content (AvgIpc) is 2.90. The Morgan fingerprint density at radius 1 is 1.33 bits per heavy atom. The second kappa shape index (κ2) is 6.28. The lowest BCUT2D eigenvalue weighted by Crippen LogP contribution is -2.42. The lowest BCUT2D eigenvalue weighted by atomic mass is 10.1. The van der Waals surface area contributed by atoms with Gasteiger partial charge in [0.15, 0.2) is 5.82 Å². The fraction of sp³-hybridized carbons (Fsp3) is 0.429. The third-order valence-corrected chi connectivity index (χ3v) is 3.29. The van der Waals surface area contributed by atoms with Gasteiger partial charge in [0.25, 0.3) is 0 Å². The summed E-state index contributed by atoms with van der Waals surface area (Å²) < 4.78 is 36.9. The highest BCUT2D eigenvalue weighted by Crippen LogP contribution is 2.13. The molecule has 1 saturated heterocycles. The maximum absolute atomic E-state index is 13.6. The smallest absolute Gasteiger partial charge is 0.228 e. The zero-order chi connectivity index (χ0) is 14.7. The fourth-order valence-corrected chi connectivity index (χ4v) is 2.24. The van der Waals surface area contributed by atoms with Crippen LogP contribution in [-0.2, 0) is 17.6 Å². The lowest BCUT2D eigenvalue weighted by Gasteiger charge is -2.22. The fourth-order valence-electron chi connectivity index (χ4n) is 2.24.